The molecule has 0 spiro atoms. The van der Waals surface area contributed by atoms with Gasteiger partial charge in [0.05, 0.1) is 11.4 Å². The Hall–Kier alpha value is -1.66. The van der Waals surface area contributed by atoms with Gasteiger partial charge in [0.25, 0.3) is 0 Å². The maximum absolute atomic E-state index is 14.3. The van der Waals surface area contributed by atoms with Crippen LogP contribution in [0.2, 0.25) is 5.02 Å². The van der Waals surface area contributed by atoms with Crippen LogP contribution in [-0.2, 0) is 4.79 Å². The summed E-state index contributed by atoms with van der Waals surface area (Å²) in [4.78, 5) is 18.7. The van der Waals surface area contributed by atoms with Gasteiger partial charge in [-0.05, 0) is 50.3 Å². The van der Waals surface area contributed by atoms with Crippen LogP contribution in [0, 0.1) is 5.82 Å². The molecule has 1 amide bonds. The van der Waals surface area contributed by atoms with Crippen LogP contribution < -0.4 is 10.2 Å². The summed E-state index contributed by atoms with van der Waals surface area (Å²) in [5.74, 6) is -0.478. The van der Waals surface area contributed by atoms with Gasteiger partial charge in [-0.25, -0.2) is 4.39 Å². The van der Waals surface area contributed by atoms with Crippen LogP contribution in [0.25, 0.3) is 0 Å². The molecule has 1 heterocycles. The molecule has 0 aliphatic carbocycles. The zero-order valence-electron chi connectivity index (χ0n) is 14.7. The van der Waals surface area contributed by atoms with Gasteiger partial charge < -0.3 is 10.2 Å². The van der Waals surface area contributed by atoms with Crippen LogP contribution in [0.5, 0.6) is 0 Å². The van der Waals surface area contributed by atoms with E-state index in [1.165, 1.54) is 6.07 Å². The third kappa shape index (κ3) is 5.20. The van der Waals surface area contributed by atoms with Gasteiger partial charge in [-0.15, -0.1) is 24.8 Å². The summed E-state index contributed by atoms with van der Waals surface area (Å²) >= 11 is 6.17. The van der Waals surface area contributed by atoms with E-state index in [0.717, 1.165) is 13.0 Å². The van der Waals surface area contributed by atoms with Crippen LogP contribution in [0.1, 0.15) is 17.5 Å². The number of benzodiazepines with no additional fused rings is 1. The highest BCUT2D eigenvalue weighted by Crippen LogP contribution is 2.30. The van der Waals surface area contributed by atoms with Crippen molar-refractivity contribution >= 4 is 53.7 Å². The van der Waals surface area contributed by atoms with E-state index in [2.05, 4.69) is 10.3 Å². The van der Waals surface area contributed by atoms with Crippen molar-refractivity contribution in [3.8, 4) is 0 Å². The molecule has 146 valence electrons. The van der Waals surface area contributed by atoms with Crippen LogP contribution in [0.4, 0.5) is 10.1 Å². The second-order valence-electron chi connectivity index (χ2n) is 5.81. The third-order valence-corrected chi connectivity index (χ3v) is 4.35. The van der Waals surface area contributed by atoms with E-state index < -0.39 is 0 Å². The monoisotopic (exact) mass is 431 g/mol. The fourth-order valence-corrected chi connectivity index (χ4v) is 3.10. The Bertz CT molecular complexity index is 830. The zero-order chi connectivity index (χ0) is 17.8. The van der Waals surface area contributed by atoms with Crippen molar-refractivity contribution in [1.29, 1.82) is 0 Å². The lowest BCUT2D eigenvalue weighted by atomic mass is 9.99. The number of halogens is 4. The van der Waals surface area contributed by atoms with E-state index in [0.29, 0.717) is 34.1 Å². The largest absolute Gasteiger partial charge is 0.320 e. The summed E-state index contributed by atoms with van der Waals surface area (Å²) in [6, 6.07) is 11.7. The summed E-state index contributed by atoms with van der Waals surface area (Å²) in [5, 5.41) is 3.60. The lowest BCUT2D eigenvalue weighted by Gasteiger charge is -2.23. The molecule has 2 aromatic carbocycles. The molecule has 8 heteroatoms. The highest BCUT2D eigenvalue weighted by Gasteiger charge is 2.26. The Morgan fingerprint density at radius 1 is 1.19 bits per heavy atom. The number of benzene rings is 2. The minimum Gasteiger partial charge on any atom is -0.320 e. The molecule has 0 atom stereocenters. The van der Waals surface area contributed by atoms with Gasteiger partial charge in [0.1, 0.15) is 12.4 Å². The molecule has 27 heavy (non-hydrogen) atoms. The summed E-state index contributed by atoms with van der Waals surface area (Å²) in [6.45, 7) is 1.34. The van der Waals surface area contributed by atoms with Gasteiger partial charge in [0, 0.05) is 22.7 Å². The molecule has 0 radical (unpaired) electrons. The first-order valence-electron chi connectivity index (χ1n) is 8.16. The van der Waals surface area contributed by atoms with E-state index in [1.54, 1.807) is 41.3 Å². The molecule has 1 aliphatic rings. The molecule has 0 saturated carbocycles. The first-order valence-corrected chi connectivity index (χ1v) is 8.54. The number of rotatable bonds is 5. The molecule has 0 fully saturated rings. The van der Waals surface area contributed by atoms with Gasteiger partial charge in [-0.1, -0.05) is 23.7 Å². The number of aliphatic imine (C=N–C) groups is 1. The third-order valence-electron chi connectivity index (χ3n) is 4.12. The number of hydrogen-bond acceptors (Lipinski definition) is 3. The van der Waals surface area contributed by atoms with Crippen LogP contribution in [0.15, 0.2) is 47.5 Å². The average Bonchev–Trinajstić information content (AvgIpc) is 2.73. The number of fused-ring (bicyclic) bond motifs is 1. The Morgan fingerprint density at radius 2 is 1.93 bits per heavy atom. The zero-order valence-corrected chi connectivity index (χ0v) is 17.1. The Morgan fingerprint density at radius 3 is 2.63 bits per heavy atom. The second kappa shape index (κ2) is 10.6. The molecule has 2 aromatic rings. The summed E-state index contributed by atoms with van der Waals surface area (Å²) in [6.07, 6.45) is 0.805. The van der Waals surface area contributed by atoms with Gasteiger partial charge >= 0.3 is 0 Å². The van der Waals surface area contributed by atoms with Crippen LogP contribution >= 0.6 is 36.4 Å². The predicted molar refractivity (Wildman–Crippen MR) is 114 cm³/mol. The second-order valence-corrected chi connectivity index (χ2v) is 6.25. The van der Waals surface area contributed by atoms with Crippen LogP contribution in [-0.4, -0.2) is 38.3 Å². The lowest BCUT2D eigenvalue weighted by Crippen LogP contribution is -2.34. The molecular weight excluding hydrogens is 412 g/mol. The molecular formula is C19H21Cl3FN3O. The number of amides is 1. The van der Waals surface area contributed by atoms with E-state index >= 15 is 0 Å². The first-order chi connectivity index (χ1) is 12.1. The van der Waals surface area contributed by atoms with Gasteiger partial charge in [-0.3, -0.25) is 9.79 Å². The van der Waals surface area contributed by atoms with Crippen molar-refractivity contribution in [1.82, 2.24) is 5.32 Å². The number of hydrogen-bond donors (Lipinski definition) is 1. The number of nitrogens with zero attached hydrogens (tertiary/aromatic N) is 2. The molecule has 0 aromatic heterocycles. The fraction of sp³-hybridized carbons (Fsp3) is 0.263. The topological polar surface area (TPSA) is 44.7 Å². The average molecular weight is 433 g/mol. The quantitative estimate of drug-likeness (QED) is 0.723. The van der Waals surface area contributed by atoms with Crippen molar-refractivity contribution in [3.05, 3.63) is 64.4 Å². The van der Waals surface area contributed by atoms with Gasteiger partial charge in [0.15, 0.2) is 0 Å². The first kappa shape index (κ1) is 23.4. The number of carbonyl (C=O) groups is 1. The van der Waals surface area contributed by atoms with Crippen molar-refractivity contribution < 1.29 is 9.18 Å². The number of anilines is 1. The van der Waals surface area contributed by atoms with E-state index in [9.17, 15) is 9.18 Å². The molecule has 4 nitrogen and oxygen atoms in total. The Balaban J connectivity index is 0.00000182. The standard InChI is InChI=1S/C19H19ClFN3O.2ClH/c1-22-9-4-10-24-17-8-7-13(20)11-15(17)19(23-12-18(24)25)14-5-2-3-6-16(14)21;;/h2-3,5-8,11,22H,4,9-10,12H2,1H3;2*1H. The van der Waals surface area contributed by atoms with Gasteiger partial charge in [-0.2, -0.15) is 0 Å². The fourth-order valence-electron chi connectivity index (χ4n) is 2.93. The summed E-state index contributed by atoms with van der Waals surface area (Å²) in [5.41, 5.74) is 2.22. The maximum atomic E-state index is 14.3. The highest BCUT2D eigenvalue weighted by molar-refractivity contribution is 6.32. The van der Waals surface area contributed by atoms with E-state index in [4.69, 9.17) is 11.6 Å². The summed E-state index contributed by atoms with van der Waals surface area (Å²) in [7, 11) is 1.87. The predicted octanol–water partition coefficient (Wildman–Crippen LogP) is 4.12. The summed E-state index contributed by atoms with van der Waals surface area (Å²) < 4.78 is 14.3. The molecule has 0 bridgehead atoms. The van der Waals surface area contributed by atoms with E-state index in [-0.39, 0.29) is 43.1 Å². The maximum Gasteiger partial charge on any atom is 0.248 e. The van der Waals surface area contributed by atoms with Crippen molar-refractivity contribution in [3.63, 3.8) is 0 Å². The minimum atomic E-state index is -0.372. The molecule has 1 N–H and O–H groups in total. The Kier molecular flexibility index (Phi) is 9.19. The highest BCUT2D eigenvalue weighted by atomic mass is 35.5. The molecule has 1 aliphatic heterocycles. The number of carbonyl (C=O) groups excluding carboxylic acids is 1. The minimum absolute atomic E-state index is 0. The van der Waals surface area contributed by atoms with Crippen molar-refractivity contribution in [2.75, 3.05) is 31.6 Å². The molecule has 3 rings (SSSR count). The molecule has 0 unspecified atom stereocenters. The van der Waals surface area contributed by atoms with E-state index in [1.807, 2.05) is 7.05 Å². The van der Waals surface area contributed by atoms with Crippen molar-refractivity contribution in [2.45, 2.75) is 6.42 Å². The SMILES string of the molecule is CNCCCN1C(=O)CN=C(c2ccccc2F)c2cc(Cl)ccc21.Cl.Cl. The van der Waals surface area contributed by atoms with Crippen molar-refractivity contribution in [2.24, 2.45) is 4.99 Å². The molecule has 0 saturated heterocycles. The smallest absolute Gasteiger partial charge is 0.248 e. The van der Waals surface area contributed by atoms with Crippen LogP contribution in [0.3, 0.4) is 0 Å². The Labute approximate surface area is 175 Å². The number of nitrogens with one attached hydrogen (secondary N) is 1. The lowest BCUT2D eigenvalue weighted by molar-refractivity contribution is -0.117. The normalized spacial score (nSPS) is 13.1. The van der Waals surface area contributed by atoms with Gasteiger partial charge in [0.2, 0.25) is 5.91 Å².